The summed E-state index contributed by atoms with van der Waals surface area (Å²) in [6.45, 7) is 6.94. The summed E-state index contributed by atoms with van der Waals surface area (Å²) in [5.74, 6) is 1.13. The fourth-order valence-corrected chi connectivity index (χ4v) is 2.50. The Morgan fingerprint density at radius 3 is 2.47 bits per heavy atom. The Labute approximate surface area is 105 Å². The topological polar surface area (TPSA) is 16.1 Å². The molecule has 0 unspecified atom stereocenters. The van der Waals surface area contributed by atoms with Crippen molar-refractivity contribution in [2.75, 3.05) is 18.0 Å². The molecule has 2 heterocycles. The molecule has 2 rings (SSSR count). The second-order valence-corrected chi connectivity index (χ2v) is 5.64. The van der Waals surface area contributed by atoms with Crippen LogP contribution in [-0.4, -0.2) is 18.1 Å². The molecule has 1 aromatic heterocycles. The van der Waals surface area contributed by atoms with Gasteiger partial charge >= 0.3 is 0 Å². The predicted octanol–water partition coefficient (Wildman–Crippen LogP) is 3.31. The van der Waals surface area contributed by atoms with Crippen LogP contribution in [0.5, 0.6) is 0 Å². The number of nitrogens with zero attached hydrogens (tertiary/aromatic N) is 2. The zero-order valence-electron chi connectivity index (χ0n) is 9.33. The molecular weight excluding hydrogens is 299 g/mol. The first kappa shape index (κ1) is 11.2. The number of rotatable bonds is 3. The second-order valence-electron chi connectivity index (χ2n) is 4.40. The Bertz CT molecular complexity index is 322. The van der Waals surface area contributed by atoms with Crippen LogP contribution in [0.1, 0.15) is 26.7 Å². The third-order valence-corrected chi connectivity index (χ3v) is 4.23. The molecule has 1 aliphatic heterocycles. The van der Waals surface area contributed by atoms with E-state index < -0.39 is 0 Å². The van der Waals surface area contributed by atoms with Crippen molar-refractivity contribution in [3.63, 3.8) is 0 Å². The second kappa shape index (κ2) is 4.28. The molecule has 0 atom stereocenters. The van der Waals surface area contributed by atoms with Crippen LogP contribution in [0.25, 0.3) is 0 Å². The van der Waals surface area contributed by atoms with Crippen molar-refractivity contribution < 1.29 is 0 Å². The zero-order valence-corrected chi connectivity index (χ0v) is 11.5. The van der Waals surface area contributed by atoms with E-state index in [9.17, 15) is 0 Å². The van der Waals surface area contributed by atoms with Gasteiger partial charge in [-0.15, -0.1) is 0 Å². The summed E-state index contributed by atoms with van der Waals surface area (Å²) in [7, 11) is 0. The summed E-state index contributed by atoms with van der Waals surface area (Å²) in [4.78, 5) is 6.83. The summed E-state index contributed by atoms with van der Waals surface area (Å²) in [6, 6.07) is 4.25. The third-order valence-electron chi connectivity index (χ3n) is 3.59. The summed E-state index contributed by atoms with van der Waals surface area (Å²) < 4.78 is 1.20. The predicted molar refractivity (Wildman–Crippen MR) is 72.2 cm³/mol. The lowest BCUT2D eigenvalue weighted by molar-refractivity contribution is 0.193. The Kier molecular flexibility index (Phi) is 3.19. The van der Waals surface area contributed by atoms with Gasteiger partial charge in [0, 0.05) is 28.3 Å². The van der Waals surface area contributed by atoms with Gasteiger partial charge in [-0.25, -0.2) is 4.98 Å². The van der Waals surface area contributed by atoms with E-state index in [0.717, 1.165) is 5.82 Å². The molecule has 1 fully saturated rings. The highest BCUT2D eigenvalue weighted by atomic mass is 127. The van der Waals surface area contributed by atoms with E-state index in [4.69, 9.17) is 0 Å². The smallest absolute Gasteiger partial charge is 0.128 e. The normalized spacial score (nSPS) is 18.7. The molecule has 0 bridgehead atoms. The van der Waals surface area contributed by atoms with Gasteiger partial charge in [0.2, 0.25) is 0 Å². The molecule has 82 valence electrons. The van der Waals surface area contributed by atoms with Gasteiger partial charge in [-0.05, 0) is 47.6 Å². The molecule has 0 N–H and O–H groups in total. The van der Waals surface area contributed by atoms with E-state index in [1.165, 1.54) is 29.5 Å². The average molecular weight is 316 g/mol. The van der Waals surface area contributed by atoms with E-state index in [-0.39, 0.29) is 0 Å². The van der Waals surface area contributed by atoms with Gasteiger partial charge in [0.25, 0.3) is 0 Å². The molecule has 0 saturated carbocycles. The zero-order chi connectivity index (χ0) is 10.9. The van der Waals surface area contributed by atoms with Crippen LogP contribution >= 0.6 is 22.6 Å². The summed E-state index contributed by atoms with van der Waals surface area (Å²) in [5, 5.41) is 0. The van der Waals surface area contributed by atoms with Crippen molar-refractivity contribution in [1.82, 2.24) is 4.98 Å². The first-order valence-electron chi connectivity index (χ1n) is 5.55. The van der Waals surface area contributed by atoms with E-state index in [1.54, 1.807) is 0 Å². The van der Waals surface area contributed by atoms with E-state index in [2.05, 4.69) is 58.5 Å². The van der Waals surface area contributed by atoms with Gasteiger partial charge in [-0.1, -0.05) is 13.8 Å². The minimum Gasteiger partial charge on any atom is -0.355 e. The molecule has 15 heavy (non-hydrogen) atoms. The van der Waals surface area contributed by atoms with E-state index in [1.807, 2.05) is 6.20 Å². The maximum Gasteiger partial charge on any atom is 0.128 e. The Balaban J connectivity index is 2.02. The van der Waals surface area contributed by atoms with Gasteiger partial charge < -0.3 is 4.90 Å². The summed E-state index contributed by atoms with van der Waals surface area (Å²) >= 11 is 2.29. The minimum absolute atomic E-state index is 0.560. The SMILES string of the molecule is CCC1(CC)CN(c2ccc(I)cn2)C1. The number of aromatic nitrogens is 1. The molecule has 3 heteroatoms. The van der Waals surface area contributed by atoms with Crippen LogP contribution in [0, 0.1) is 8.99 Å². The fourth-order valence-electron chi connectivity index (χ4n) is 2.18. The molecule has 1 saturated heterocycles. The quantitative estimate of drug-likeness (QED) is 0.796. The molecule has 0 aliphatic carbocycles. The largest absolute Gasteiger partial charge is 0.355 e. The number of hydrogen-bond donors (Lipinski definition) is 0. The third kappa shape index (κ3) is 2.12. The summed E-state index contributed by atoms with van der Waals surface area (Å²) in [5.41, 5.74) is 0.560. The van der Waals surface area contributed by atoms with E-state index in [0.29, 0.717) is 5.41 Å². The molecule has 0 amide bonds. The molecule has 0 spiro atoms. The van der Waals surface area contributed by atoms with Crippen molar-refractivity contribution in [2.24, 2.45) is 5.41 Å². The molecule has 1 aliphatic rings. The van der Waals surface area contributed by atoms with Crippen molar-refractivity contribution >= 4 is 28.4 Å². The highest BCUT2D eigenvalue weighted by Gasteiger charge is 2.40. The number of halogens is 1. The van der Waals surface area contributed by atoms with Crippen LogP contribution in [0.15, 0.2) is 18.3 Å². The van der Waals surface area contributed by atoms with Crippen LogP contribution in [0.2, 0.25) is 0 Å². The van der Waals surface area contributed by atoms with Gasteiger partial charge in [0.05, 0.1) is 0 Å². The Morgan fingerprint density at radius 2 is 2.00 bits per heavy atom. The van der Waals surface area contributed by atoms with Crippen LogP contribution in [0.3, 0.4) is 0 Å². The maximum atomic E-state index is 4.45. The van der Waals surface area contributed by atoms with Crippen molar-refractivity contribution in [3.8, 4) is 0 Å². The number of anilines is 1. The maximum absolute atomic E-state index is 4.45. The van der Waals surface area contributed by atoms with Crippen LogP contribution < -0.4 is 4.90 Å². The van der Waals surface area contributed by atoms with E-state index >= 15 is 0 Å². The lowest BCUT2D eigenvalue weighted by Gasteiger charge is -2.50. The van der Waals surface area contributed by atoms with Crippen molar-refractivity contribution in [1.29, 1.82) is 0 Å². The first-order valence-corrected chi connectivity index (χ1v) is 6.63. The van der Waals surface area contributed by atoms with Crippen LogP contribution in [0.4, 0.5) is 5.82 Å². The fraction of sp³-hybridized carbons (Fsp3) is 0.583. The Hall–Kier alpha value is -0.320. The van der Waals surface area contributed by atoms with Gasteiger partial charge in [0.15, 0.2) is 0 Å². The molecular formula is C12H17IN2. The highest BCUT2D eigenvalue weighted by molar-refractivity contribution is 14.1. The number of hydrogen-bond acceptors (Lipinski definition) is 2. The van der Waals surface area contributed by atoms with Crippen molar-refractivity contribution in [2.45, 2.75) is 26.7 Å². The summed E-state index contributed by atoms with van der Waals surface area (Å²) in [6.07, 6.45) is 4.50. The minimum atomic E-state index is 0.560. The highest BCUT2D eigenvalue weighted by Crippen LogP contribution is 2.38. The lowest BCUT2D eigenvalue weighted by Crippen LogP contribution is -2.56. The van der Waals surface area contributed by atoms with Crippen molar-refractivity contribution in [3.05, 3.63) is 21.9 Å². The average Bonchev–Trinajstić information content (AvgIpc) is 2.20. The van der Waals surface area contributed by atoms with Gasteiger partial charge in [0.1, 0.15) is 5.82 Å². The molecule has 1 aromatic rings. The Morgan fingerprint density at radius 1 is 1.33 bits per heavy atom. The standard InChI is InChI=1S/C12H17IN2/c1-3-12(4-2)8-15(9-12)11-6-5-10(13)7-14-11/h5-7H,3-4,8-9H2,1-2H3. The molecule has 2 nitrogen and oxygen atoms in total. The van der Waals surface area contributed by atoms with Gasteiger partial charge in [-0.3, -0.25) is 0 Å². The van der Waals surface area contributed by atoms with Crippen LogP contribution in [-0.2, 0) is 0 Å². The molecule has 0 radical (unpaired) electrons. The first-order chi connectivity index (χ1) is 7.19. The lowest BCUT2D eigenvalue weighted by atomic mass is 9.75. The van der Waals surface area contributed by atoms with Gasteiger partial charge in [-0.2, -0.15) is 0 Å². The number of pyridine rings is 1. The monoisotopic (exact) mass is 316 g/mol. The molecule has 0 aromatic carbocycles.